The van der Waals surface area contributed by atoms with Crippen LogP contribution in [0.2, 0.25) is 0 Å². The molecule has 0 nitrogen and oxygen atoms in total. The van der Waals surface area contributed by atoms with Crippen LogP contribution in [-0.4, -0.2) is 17.4 Å². The van der Waals surface area contributed by atoms with Crippen molar-refractivity contribution in [3.05, 3.63) is 163 Å². The standard InChI is InChI=1S/C28H20.C2H5.Al/c1-5-13-23(14-6-1)21-27(25-17-9-3-10-18-25)28(26-19-11-4-12-20-26)22-24-15-7-2-8-16-24;1-2;/h1-20H;1H2,2H3;/q-2;-1;+3. The molecule has 0 aliphatic rings. The molecule has 0 spiro atoms. The molecule has 0 fully saturated rings. The zero-order chi connectivity index (χ0) is 21.0. The summed E-state index contributed by atoms with van der Waals surface area (Å²) < 4.78 is 0. The van der Waals surface area contributed by atoms with E-state index in [1.165, 1.54) is 0 Å². The second-order valence-electron chi connectivity index (χ2n) is 6.46. The Kier molecular flexibility index (Phi) is 10.3. The van der Waals surface area contributed by atoms with Gasteiger partial charge < -0.3 is 6.92 Å². The van der Waals surface area contributed by atoms with Crippen molar-refractivity contribution < 1.29 is 0 Å². The molecule has 148 valence electrons. The summed E-state index contributed by atoms with van der Waals surface area (Å²) >= 11 is 0. The fraction of sp³-hybridized carbons (Fsp3) is 0.0333. The first kappa shape index (κ1) is 24.2. The molecule has 1 heteroatoms. The van der Waals surface area contributed by atoms with Gasteiger partial charge in [-0.1, -0.05) is 97.1 Å². The predicted molar refractivity (Wildman–Crippen MR) is 134 cm³/mol. The molecule has 0 heterocycles. The fourth-order valence-corrected chi connectivity index (χ4v) is 3.10. The van der Waals surface area contributed by atoms with E-state index in [-0.39, 0.29) is 17.4 Å². The third-order valence-electron chi connectivity index (χ3n) is 4.46. The van der Waals surface area contributed by atoms with Crippen molar-refractivity contribution in [1.29, 1.82) is 0 Å². The number of hydrogen-bond acceptors (Lipinski definition) is 0. The van der Waals surface area contributed by atoms with Crippen LogP contribution in [0.4, 0.5) is 0 Å². The quantitative estimate of drug-likeness (QED) is 0.139. The molecule has 0 atom stereocenters. The van der Waals surface area contributed by atoms with Crippen molar-refractivity contribution >= 4 is 28.5 Å². The third kappa shape index (κ3) is 6.97. The van der Waals surface area contributed by atoms with E-state index < -0.39 is 0 Å². The predicted octanol–water partition coefficient (Wildman–Crippen LogP) is 7.32. The molecule has 0 saturated carbocycles. The van der Waals surface area contributed by atoms with E-state index in [9.17, 15) is 0 Å². The van der Waals surface area contributed by atoms with E-state index in [4.69, 9.17) is 0 Å². The van der Waals surface area contributed by atoms with Crippen LogP contribution in [0.1, 0.15) is 29.2 Å². The normalized spacial score (nSPS) is 11.0. The van der Waals surface area contributed by atoms with Crippen LogP contribution in [-0.2, 0) is 0 Å². The smallest absolute Gasteiger partial charge is 0.346 e. The number of benzene rings is 4. The van der Waals surface area contributed by atoms with Gasteiger partial charge in [-0.2, -0.15) is 30.2 Å². The average Bonchev–Trinajstić information content (AvgIpc) is 2.85. The molecule has 0 amide bonds. The summed E-state index contributed by atoms with van der Waals surface area (Å²) in [5.74, 6) is 0. The molecule has 0 N–H and O–H groups in total. The van der Waals surface area contributed by atoms with Gasteiger partial charge in [0.25, 0.3) is 0 Å². The van der Waals surface area contributed by atoms with Gasteiger partial charge in [-0.25, -0.2) is 0 Å². The van der Waals surface area contributed by atoms with E-state index in [0.29, 0.717) is 0 Å². The topological polar surface area (TPSA) is 0 Å². The van der Waals surface area contributed by atoms with Crippen LogP contribution >= 0.6 is 0 Å². The fourth-order valence-electron chi connectivity index (χ4n) is 3.10. The Morgan fingerprint density at radius 1 is 0.452 bits per heavy atom. The summed E-state index contributed by atoms with van der Waals surface area (Å²) in [6, 6.07) is 41.3. The summed E-state index contributed by atoms with van der Waals surface area (Å²) in [5, 5.41) is 0. The molecule has 0 unspecified atom stereocenters. The van der Waals surface area contributed by atoms with E-state index in [0.717, 1.165) is 33.4 Å². The number of hydrogen-bond donors (Lipinski definition) is 0. The molecule has 4 aromatic rings. The van der Waals surface area contributed by atoms with Gasteiger partial charge >= 0.3 is 17.4 Å². The van der Waals surface area contributed by atoms with Crippen molar-refractivity contribution in [2.24, 2.45) is 0 Å². The monoisotopic (exact) mass is 412 g/mol. The molecular weight excluding hydrogens is 387 g/mol. The van der Waals surface area contributed by atoms with Crippen molar-refractivity contribution in [3.63, 3.8) is 0 Å². The first-order valence-corrected chi connectivity index (χ1v) is 10.1. The molecule has 4 aromatic carbocycles. The van der Waals surface area contributed by atoms with E-state index in [1.54, 1.807) is 6.92 Å². The maximum Gasteiger partial charge on any atom is 3.00 e. The summed E-state index contributed by atoms with van der Waals surface area (Å²) in [6.07, 6.45) is 7.26. The summed E-state index contributed by atoms with van der Waals surface area (Å²) in [7, 11) is 0. The van der Waals surface area contributed by atoms with Gasteiger partial charge in [0.15, 0.2) is 0 Å². The minimum Gasteiger partial charge on any atom is -0.346 e. The SMILES string of the molecule is [Al+3].[C-](=C(C(=[C-]c1ccccc1)c1ccccc1)c1ccccc1)c1ccccc1.[CH2-]C. The van der Waals surface area contributed by atoms with Crippen molar-refractivity contribution in [2.45, 2.75) is 6.92 Å². The average molecular weight is 413 g/mol. The van der Waals surface area contributed by atoms with Gasteiger partial charge in [0.05, 0.1) is 0 Å². The van der Waals surface area contributed by atoms with Crippen molar-refractivity contribution in [1.82, 2.24) is 0 Å². The van der Waals surface area contributed by atoms with E-state index in [2.05, 4.69) is 91.9 Å². The molecule has 0 saturated heterocycles. The van der Waals surface area contributed by atoms with Crippen LogP contribution in [0, 0.1) is 19.1 Å². The van der Waals surface area contributed by atoms with Crippen LogP contribution < -0.4 is 0 Å². The maximum absolute atomic E-state index is 3.63. The van der Waals surface area contributed by atoms with Crippen molar-refractivity contribution in [2.75, 3.05) is 0 Å². The Hall–Kier alpha value is -3.11. The number of rotatable bonds is 5. The van der Waals surface area contributed by atoms with E-state index >= 15 is 0 Å². The Morgan fingerprint density at radius 2 is 0.710 bits per heavy atom. The molecule has 0 aliphatic carbocycles. The molecule has 0 bridgehead atoms. The summed E-state index contributed by atoms with van der Waals surface area (Å²) in [6.45, 7) is 5.00. The first-order chi connectivity index (χ1) is 14.9. The van der Waals surface area contributed by atoms with Crippen LogP contribution in [0.5, 0.6) is 0 Å². The molecular formula is C30H25Al. The van der Waals surface area contributed by atoms with Gasteiger partial charge in [0.2, 0.25) is 0 Å². The minimum atomic E-state index is 0. The third-order valence-corrected chi connectivity index (χ3v) is 4.46. The largest absolute Gasteiger partial charge is 3.00 e. The van der Waals surface area contributed by atoms with Gasteiger partial charge in [0.1, 0.15) is 0 Å². The Labute approximate surface area is 197 Å². The zero-order valence-electron chi connectivity index (χ0n) is 17.8. The zero-order valence-corrected chi connectivity index (χ0v) is 19.0. The Bertz CT molecular complexity index is 973. The van der Waals surface area contributed by atoms with E-state index in [1.807, 2.05) is 48.5 Å². The van der Waals surface area contributed by atoms with Crippen LogP contribution in [0.25, 0.3) is 11.1 Å². The molecule has 0 aliphatic heterocycles. The van der Waals surface area contributed by atoms with Crippen molar-refractivity contribution in [3.8, 4) is 0 Å². The molecule has 0 aromatic heterocycles. The van der Waals surface area contributed by atoms with Gasteiger partial charge in [-0.05, 0) is 0 Å². The number of allylic oxidation sites excluding steroid dienone is 2. The summed E-state index contributed by atoms with van der Waals surface area (Å²) in [4.78, 5) is 0. The molecule has 31 heavy (non-hydrogen) atoms. The molecule has 0 radical (unpaired) electrons. The van der Waals surface area contributed by atoms with Gasteiger partial charge in [-0.15, -0.1) is 46.5 Å². The second-order valence-corrected chi connectivity index (χ2v) is 6.46. The van der Waals surface area contributed by atoms with Crippen LogP contribution in [0.3, 0.4) is 0 Å². The second kappa shape index (κ2) is 13.2. The van der Waals surface area contributed by atoms with Gasteiger partial charge in [-0.3, -0.25) is 0 Å². The Morgan fingerprint density at radius 3 is 1.00 bits per heavy atom. The van der Waals surface area contributed by atoms with Gasteiger partial charge in [0, 0.05) is 0 Å². The summed E-state index contributed by atoms with van der Waals surface area (Å²) in [5.41, 5.74) is 6.39. The van der Waals surface area contributed by atoms with Crippen LogP contribution in [0.15, 0.2) is 121 Å². The Balaban J connectivity index is 0.00000111. The molecule has 4 rings (SSSR count). The minimum absolute atomic E-state index is 0. The first-order valence-electron chi connectivity index (χ1n) is 10.1. The maximum atomic E-state index is 3.63.